The number of nitrogens with one attached hydrogen (secondary N) is 1. The van der Waals surface area contributed by atoms with Crippen LogP contribution in [0.2, 0.25) is 0 Å². The van der Waals surface area contributed by atoms with Gasteiger partial charge in [0, 0.05) is 41.0 Å². The highest BCUT2D eigenvalue weighted by Gasteiger charge is 2.06. The van der Waals surface area contributed by atoms with E-state index in [0.29, 0.717) is 30.2 Å². The van der Waals surface area contributed by atoms with Gasteiger partial charge < -0.3 is 15.2 Å². The van der Waals surface area contributed by atoms with Crippen LogP contribution in [-0.4, -0.2) is 46.6 Å². The Morgan fingerprint density at radius 3 is 2.90 bits per heavy atom. The summed E-state index contributed by atoms with van der Waals surface area (Å²) in [6.45, 7) is 3.13. The van der Waals surface area contributed by atoms with Crippen molar-refractivity contribution in [1.29, 1.82) is 0 Å². The highest BCUT2D eigenvalue weighted by molar-refractivity contribution is 7.84. The molecule has 0 amide bonds. The summed E-state index contributed by atoms with van der Waals surface area (Å²) in [6, 6.07) is 6.40. The van der Waals surface area contributed by atoms with E-state index in [9.17, 15) is 13.7 Å². The number of rotatable bonds is 10. The fraction of sp³-hybridized carbons (Fsp3) is 0.571. The molecule has 2 N–H and O–H groups in total. The first kappa shape index (κ1) is 17.2. The van der Waals surface area contributed by atoms with Gasteiger partial charge in [0.2, 0.25) is 0 Å². The predicted molar refractivity (Wildman–Crippen MR) is 78.5 cm³/mol. The minimum Gasteiger partial charge on any atom is -0.389 e. The number of hydrogen-bond acceptors (Lipinski definition) is 4. The van der Waals surface area contributed by atoms with E-state index in [0.717, 1.165) is 0 Å². The van der Waals surface area contributed by atoms with Gasteiger partial charge in [-0.1, -0.05) is 25.1 Å². The molecule has 0 heterocycles. The molecule has 0 saturated heterocycles. The molecule has 0 spiro atoms. The summed E-state index contributed by atoms with van der Waals surface area (Å²) in [6.07, 6.45) is -0.656. The summed E-state index contributed by atoms with van der Waals surface area (Å²) in [7, 11) is -0.792. The number of hydrogen-bond donors (Lipinski definition) is 2. The first-order valence-electron chi connectivity index (χ1n) is 6.68. The summed E-state index contributed by atoms with van der Waals surface area (Å²) in [5, 5.41) is 12.7. The SMILES string of the molecule is CCS(=O)CCNCC(O)COCc1ccccc1F. The van der Waals surface area contributed by atoms with Crippen LogP contribution >= 0.6 is 0 Å². The third kappa shape index (κ3) is 7.09. The van der Waals surface area contributed by atoms with Crippen molar-refractivity contribution >= 4 is 10.8 Å². The van der Waals surface area contributed by atoms with E-state index in [4.69, 9.17) is 4.74 Å². The number of halogens is 1. The molecule has 2 atom stereocenters. The van der Waals surface area contributed by atoms with Gasteiger partial charge in [-0.25, -0.2) is 4.39 Å². The second kappa shape index (κ2) is 9.99. The predicted octanol–water partition coefficient (Wildman–Crippen LogP) is 1.06. The Hall–Kier alpha value is -0.820. The molecule has 4 nitrogen and oxygen atoms in total. The van der Waals surface area contributed by atoms with Crippen molar-refractivity contribution in [2.45, 2.75) is 19.6 Å². The molecule has 1 rings (SSSR count). The maximum Gasteiger partial charge on any atom is 0.128 e. The monoisotopic (exact) mass is 303 g/mol. The zero-order valence-electron chi connectivity index (χ0n) is 11.7. The van der Waals surface area contributed by atoms with Crippen LogP contribution in [0.15, 0.2) is 24.3 Å². The number of aliphatic hydroxyl groups excluding tert-OH is 1. The maximum absolute atomic E-state index is 13.3. The van der Waals surface area contributed by atoms with Crippen molar-refractivity contribution in [1.82, 2.24) is 5.32 Å². The lowest BCUT2D eigenvalue weighted by atomic mass is 10.2. The Morgan fingerprint density at radius 1 is 1.45 bits per heavy atom. The highest BCUT2D eigenvalue weighted by Crippen LogP contribution is 2.07. The Morgan fingerprint density at radius 2 is 2.20 bits per heavy atom. The molecule has 1 aromatic carbocycles. The van der Waals surface area contributed by atoms with E-state index in [1.807, 2.05) is 6.92 Å². The van der Waals surface area contributed by atoms with Crippen molar-refractivity contribution in [2.24, 2.45) is 0 Å². The van der Waals surface area contributed by atoms with Crippen LogP contribution in [0, 0.1) is 5.82 Å². The van der Waals surface area contributed by atoms with E-state index < -0.39 is 16.9 Å². The molecule has 1 aromatic rings. The molecule has 2 unspecified atom stereocenters. The standard InChI is InChI=1S/C14H22FNO3S/c1-2-20(18)8-7-16-9-13(17)11-19-10-12-5-3-4-6-14(12)15/h3-6,13,16-17H,2,7-11H2,1H3. The zero-order valence-corrected chi connectivity index (χ0v) is 12.5. The van der Waals surface area contributed by atoms with Crippen molar-refractivity contribution in [3.05, 3.63) is 35.6 Å². The largest absolute Gasteiger partial charge is 0.389 e. The van der Waals surface area contributed by atoms with Crippen molar-refractivity contribution < 1.29 is 18.4 Å². The van der Waals surface area contributed by atoms with Crippen molar-refractivity contribution in [2.75, 3.05) is 31.2 Å². The quantitative estimate of drug-likeness (QED) is 0.635. The van der Waals surface area contributed by atoms with Gasteiger partial charge in [0.1, 0.15) is 5.82 Å². The molecule has 6 heteroatoms. The van der Waals surface area contributed by atoms with E-state index in [2.05, 4.69) is 5.32 Å². The molecule has 0 aliphatic carbocycles. The van der Waals surface area contributed by atoms with Gasteiger partial charge in [0.15, 0.2) is 0 Å². The first-order valence-corrected chi connectivity index (χ1v) is 8.17. The van der Waals surface area contributed by atoms with E-state index in [1.165, 1.54) is 6.07 Å². The van der Waals surface area contributed by atoms with Crippen LogP contribution in [0.25, 0.3) is 0 Å². The summed E-state index contributed by atoms with van der Waals surface area (Å²) >= 11 is 0. The molecule has 0 radical (unpaired) electrons. The van der Waals surface area contributed by atoms with Crippen LogP contribution < -0.4 is 5.32 Å². The molecule has 0 aliphatic heterocycles. The van der Waals surface area contributed by atoms with Crippen LogP contribution in [-0.2, 0) is 22.1 Å². The molecule has 0 aromatic heterocycles. The van der Waals surface area contributed by atoms with Gasteiger partial charge in [0.25, 0.3) is 0 Å². The molecule has 0 fully saturated rings. The molecule has 0 aliphatic rings. The Bertz CT molecular complexity index is 417. The minimum absolute atomic E-state index is 0.137. The lowest BCUT2D eigenvalue weighted by molar-refractivity contribution is 0.0281. The van der Waals surface area contributed by atoms with Crippen LogP contribution in [0.5, 0.6) is 0 Å². The highest BCUT2D eigenvalue weighted by atomic mass is 32.2. The smallest absolute Gasteiger partial charge is 0.128 e. The third-order valence-corrected chi connectivity index (χ3v) is 4.04. The second-order valence-corrected chi connectivity index (χ2v) is 6.26. The molecular weight excluding hydrogens is 281 g/mol. The lowest BCUT2D eigenvalue weighted by Crippen LogP contribution is -2.32. The summed E-state index contributed by atoms with van der Waals surface area (Å²) < 4.78 is 29.7. The van der Waals surface area contributed by atoms with Crippen LogP contribution in [0.1, 0.15) is 12.5 Å². The topological polar surface area (TPSA) is 58.6 Å². The normalized spacial score (nSPS) is 14.2. The summed E-state index contributed by atoms with van der Waals surface area (Å²) in [5.74, 6) is 0.928. The van der Waals surface area contributed by atoms with Gasteiger partial charge in [-0.2, -0.15) is 0 Å². The minimum atomic E-state index is -0.792. The van der Waals surface area contributed by atoms with Crippen molar-refractivity contribution in [3.8, 4) is 0 Å². The number of aliphatic hydroxyl groups is 1. The Labute approximate surface area is 121 Å². The average Bonchev–Trinajstić information content (AvgIpc) is 2.45. The Balaban J connectivity index is 2.10. The van der Waals surface area contributed by atoms with Gasteiger partial charge in [-0.3, -0.25) is 4.21 Å². The van der Waals surface area contributed by atoms with E-state index in [-0.39, 0.29) is 19.0 Å². The molecule has 20 heavy (non-hydrogen) atoms. The molecule has 0 bridgehead atoms. The molecule has 0 saturated carbocycles. The maximum atomic E-state index is 13.3. The van der Waals surface area contributed by atoms with E-state index in [1.54, 1.807) is 18.2 Å². The second-order valence-electron chi connectivity index (χ2n) is 4.40. The third-order valence-electron chi connectivity index (χ3n) is 2.73. The number of ether oxygens (including phenoxy) is 1. The zero-order chi connectivity index (χ0) is 14.8. The molecular formula is C14H22FNO3S. The van der Waals surface area contributed by atoms with Gasteiger partial charge in [-0.05, 0) is 6.07 Å². The van der Waals surface area contributed by atoms with Crippen LogP contribution in [0.3, 0.4) is 0 Å². The Kier molecular flexibility index (Phi) is 8.60. The van der Waals surface area contributed by atoms with E-state index >= 15 is 0 Å². The summed E-state index contributed by atoms with van der Waals surface area (Å²) in [4.78, 5) is 0. The van der Waals surface area contributed by atoms with Gasteiger partial charge >= 0.3 is 0 Å². The van der Waals surface area contributed by atoms with Crippen molar-refractivity contribution in [3.63, 3.8) is 0 Å². The molecule has 114 valence electrons. The fourth-order valence-corrected chi connectivity index (χ4v) is 2.24. The van der Waals surface area contributed by atoms with Crippen LogP contribution in [0.4, 0.5) is 4.39 Å². The fourth-order valence-electron chi connectivity index (χ4n) is 1.58. The van der Waals surface area contributed by atoms with Gasteiger partial charge in [-0.15, -0.1) is 0 Å². The lowest BCUT2D eigenvalue weighted by Gasteiger charge is -2.12. The summed E-state index contributed by atoms with van der Waals surface area (Å²) in [5.41, 5.74) is 0.478. The average molecular weight is 303 g/mol. The number of benzene rings is 1. The first-order chi connectivity index (χ1) is 9.63. The van der Waals surface area contributed by atoms with Gasteiger partial charge in [0.05, 0.1) is 19.3 Å².